The van der Waals surface area contributed by atoms with E-state index < -0.39 is 5.56 Å². The van der Waals surface area contributed by atoms with Gasteiger partial charge in [0.1, 0.15) is 5.58 Å². The fraction of sp³-hybridized carbons (Fsp3) is 0. The van der Waals surface area contributed by atoms with Crippen LogP contribution in [-0.4, -0.2) is 4.98 Å². The van der Waals surface area contributed by atoms with E-state index in [9.17, 15) is 4.79 Å². The number of halogens is 1. The number of rotatable bonds is 1. The Morgan fingerprint density at radius 2 is 1.76 bits per heavy atom. The summed E-state index contributed by atoms with van der Waals surface area (Å²) in [5, 5.41) is 1.21. The summed E-state index contributed by atoms with van der Waals surface area (Å²) in [7, 11) is 0. The number of fused-ring (bicyclic) bond motifs is 3. The highest BCUT2D eigenvalue weighted by atomic mass is 35.5. The molecule has 21 heavy (non-hydrogen) atoms. The van der Waals surface area contributed by atoms with Crippen LogP contribution in [0.3, 0.4) is 0 Å². The Labute approximate surface area is 123 Å². The van der Waals surface area contributed by atoms with E-state index in [1.165, 1.54) is 0 Å². The molecule has 2 aromatic carbocycles. The fourth-order valence-electron chi connectivity index (χ4n) is 2.26. The van der Waals surface area contributed by atoms with Crippen molar-refractivity contribution in [3.63, 3.8) is 0 Å². The zero-order chi connectivity index (χ0) is 14.4. The Hall–Kier alpha value is -2.59. The molecule has 0 aliphatic heterocycles. The van der Waals surface area contributed by atoms with Gasteiger partial charge in [-0.05, 0) is 30.3 Å². The van der Waals surface area contributed by atoms with Crippen LogP contribution in [0.1, 0.15) is 0 Å². The number of furan rings is 1. The lowest BCUT2D eigenvalue weighted by atomic mass is 10.2. The molecule has 0 unspecified atom stereocenters. The summed E-state index contributed by atoms with van der Waals surface area (Å²) in [5.74, 6) is 0.260. The third kappa shape index (κ3) is 1.92. The summed E-state index contributed by atoms with van der Waals surface area (Å²) in [6.45, 7) is 0. The van der Waals surface area contributed by atoms with Crippen LogP contribution in [-0.2, 0) is 0 Å². The van der Waals surface area contributed by atoms with Crippen LogP contribution in [0.5, 0.6) is 0 Å². The lowest BCUT2D eigenvalue weighted by Crippen LogP contribution is -2.05. The SMILES string of the molecule is O=c1nc(-c2ccccc2)oc2c1oc1ccc(Cl)cc12. The van der Waals surface area contributed by atoms with Gasteiger partial charge in [-0.1, -0.05) is 29.8 Å². The van der Waals surface area contributed by atoms with E-state index in [1.807, 2.05) is 30.3 Å². The Morgan fingerprint density at radius 1 is 0.952 bits per heavy atom. The summed E-state index contributed by atoms with van der Waals surface area (Å²) in [4.78, 5) is 16.1. The van der Waals surface area contributed by atoms with Crippen molar-refractivity contribution in [1.29, 1.82) is 0 Å². The van der Waals surface area contributed by atoms with Crippen molar-refractivity contribution in [2.75, 3.05) is 0 Å². The van der Waals surface area contributed by atoms with Crippen molar-refractivity contribution in [3.8, 4) is 11.5 Å². The molecule has 2 heterocycles. The Bertz CT molecular complexity index is 1020. The molecule has 0 saturated carbocycles. The molecule has 0 aliphatic carbocycles. The van der Waals surface area contributed by atoms with Gasteiger partial charge in [-0.25, -0.2) is 0 Å². The maximum absolute atomic E-state index is 12.1. The highest BCUT2D eigenvalue weighted by Gasteiger charge is 2.16. The Kier molecular flexibility index (Phi) is 2.59. The second-order valence-electron chi connectivity index (χ2n) is 4.59. The van der Waals surface area contributed by atoms with Gasteiger partial charge < -0.3 is 8.83 Å². The third-order valence-corrected chi connectivity index (χ3v) is 3.46. The van der Waals surface area contributed by atoms with Crippen LogP contribution < -0.4 is 5.56 Å². The average Bonchev–Trinajstić information content (AvgIpc) is 2.87. The average molecular weight is 298 g/mol. The van der Waals surface area contributed by atoms with E-state index >= 15 is 0 Å². The lowest BCUT2D eigenvalue weighted by Gasteiger charge is -1.98. The molecule has 5 heteroatoms. The third-order valence-electron chi connectivity index (χ3n) is 3.22. The molecule has 0 aliphatic rings. The molecule has 0 bridgehead atoms. The molecular weight excluding hydrogens is 290 g/mol. The zero-order valence-corrected chi connectivity index (χ0v) is 11.4. The zero-order valence-electron chi connectivity index (χ0n) is 10.7. The molecule has 4 nitrogen and oxygen atoms in total. The summed E-state index contributed by atoms with van der Waals surface area (Å²) in [5.41, 5.74) is 1.29. The first-order chi connectivity index (χ1) is 10.2. The van der Waals surface area contributed by atoms with E-state index in [0.29, 0.717) is 21.6 Å². The van der Waals surface area contributed by atoms with Gasteiger partial charge >= 0.3 is 5.56 Å². The van der Waals surface area contributed by atoms with Gasteiger partial charge in [-0.15, -0.1) is 0 Å². The molecular formula is C16H8ClNO3. The molecule has 0 spiro atoms. The van der Waals surface area contributed by atoms with E-state index in [2.05, 4.69) is 4.98 Å². The van der Waals surface area contributed by atoms with Crippen LogP contribution in [0.15, 0.2) is 62.2 Å². The number of hydrogen-bond donors (Lipinski definition) is 0. The van der Waals surface area contributed by atoms with E-state index in [-0.39, 0.29) is 11.5 Å². The quantitative estimate of drug-likeness (QED) is 0.527. The number of aromatic nitrogens is 1. The van der Waals surface area contributed by atoms with E-state index in [0.717, 1.165) is 5.56 Å². The molecule has 4 aromatic rings. The first kappa shape index (κ1) is 12.2. The van der Waals surface area contributed by atoms with Crippen molar-refractivity contribution in [2.24, 2.45) is 0 Å². The molecule has 0 N–H and O–H groups in total. The van der Waals surface area contributed by atoms with Crippen LogP contribution in [0.4, 0.5) is 0 Å². The summed E-state index contributed by atoms with van der Waals surface area (Å²) < 4.78 is 11.3. The predicted octanol–water partition coefficient (Wildman–Crippen LogP) is 4.25. The van der Waals surface area contributed by atoms with Crippen LogP contribution >= 0.6 is 11.6 Å². The standard InChI is InChI=1S/C16H8ClNO3/c17-10-6-7-12-11(8-10)13-14(20-12)15(19)18-16(21-13)9-4-2-1-3-5-9/h1-8H. The van der Waals surface area contributed by atoms with Crippen molar-refractivity contribution in [2.45, 2.75) is 0 Å². The molecule has 0 amide bonds. The van der Waals surface area contributed by atoms with Gasteiger partial charge in [0.25, 0.3) is 0 Å². The first-order valence-corrected chi connectivity index (χ1v) is 6.68. The maximum atomic E-state index is 12.1. The Balaban J connectivity index is 2.11. The maximum Gasteiger partial charge on any atom is 0.319 e. The second-order valence-corrected chi connectivity index (χ2v) is 5.03. The first-order valence-electron chi connectivity index (χ1n) is 6.31. The molecule has 0 atom stereocenters. The fourth-order valence-corrected chi connectivity index (χ4v) is 2.43. The van der Waals surface area contributed by atoms with E-state index in [1.54, 1.807) is 18.2 Å². The van der Waals surface area contributed by atoms with Crippen LogP contribution in [0.2, 0.25) is 5.02 Å². The normalized spacial score (nSPS) is 11.3. The van der Waals surface area contributed by atoms with Gasteiger partial charge in [-0.3, -0.25) is 4.79 Å². The molecule has 0 saturated heterocycles. The Morgan fingerprint density at radius 3 is 2.57 bits per heavy atom. The van der Waals surface area contributed by atoms with Crippen molar-refractivity contribution < 1.29 is 8.83 Å². The summed E-state index contributed by atoms with van der Waals surface area (Å²) in [6, 6.07) is 14.3. The van der Waals surface area contributed by atoms with Crippen LogP contribution in [0.25, 0.3) is 33.6 Å². The minimum Gasteiger partial charge on any atom is -0.447 e. The highest BCUT2D eigenvalue weighted by Crippen LogP contribution is 2.30. The largest absolute Gasteiger partial charge is 0.447 e. The molecule has 4 rings (SSSR count). The summed E-state index contributed by atoms with van der Waals surface area (Å²) >= 11 is 6.00. The monoisotopic (exact) mass is 297 g/mol. The minimum absolute atomic E-state index is 0.104. The summed E-state index contributed by atoms with van der Waals surface area (Å²) in [6.07, 6.45) is 0. The van der Waals surface area contributed by atoms with Crippen LogP contribution in [0, 0.1) is 0 Å². The van der Waals surface area contributed by atoms with Crippen molar-refractivity contribution in [3.05, 3.63) is 63.9 Å². The number of nitrogens with zero attached hydrogens (tertiary/aromatic N) is 1. The topological polar surface area (TPSA) is 56.2 Å². The van der Waals surface area contributed by atoms with Gasteiger partial charge in [0.2, 0.25) is 11.5 Å². The smallest absolute Gasteiger partial charge is 0.319 e. The minimum atomic E-state index is -0.456. The van der Waals surface area contributed by atoms with Crippen molar-refractivity contribution in [1.82, 2.24) is 4.98 Å². The van der Waals surface area contributed by atoms with E-state index in [4.69, 9.17) is 20.4 Å². The lowest BCUT2D eigenvalue weighted by molar-refractivity contribution is 0.579. The van der Waals surface area contributed by atoms with Gasteiger partial charge in [0.15, 0.2) is 5.58 Å². The predicted molar refractivity (Wildman–Crippen MR) is 80.5 cm³/mol. The molecule has 0 radical (unpaired) electrons. The van der Waals surface area contributed by atoms with Gasteiger partial charge in [0, 0.05) is 10.6 Å². The second kappa shape index (κ2) is 4.46. The van der Waals surface area contributed by atoms with Crippen molar-refractivity contribution >= 4 is 33.7 Å². The van der Waals surface area contributed by atoms with Gasteiger partial charge in [0.05, 0.1) is 5.39 Å². The molecule has 2 aromatic heterocycles. The molecule has 102 valence electrons. The molecule has 0 fully saturated rings. The van der Waals surface area contributed by atoms with Gasteiger partial charge in [-0.2, -0.15) is 4.98 Å². The highest BCUT2D eigenvalue weighted by molar-refractivity contribution is 6.31. The number of benzene rings is 2. The number of hydrogen-bond acceptors (Lipinski definition) is 4.